The molecule has 0 spiro atoms. The van der Waals surface area contributed by atoms with Gasteiger partial charge >= 0.3 is 0 Å². The minimum absolute atomic E-state index is 0.0334. The van der Waals surface area contributed by atoms with E-state index in [0.717, 1.165) is 37.7 Å². The maximum atomic E-state index is 12.9. The molecule has 1 aliphatic rings. The molecule has 2 atom stereocenters. The minimum atomic E-state index is -0.0334. The topological polar surface area (TPSA) is 51.2 Å². The molecule has 1 saturated heterocycles. The van der Waals surface area contributed by atoms with Crippen molar-refractivity contribution in [3.05, 3.63) is 59.7 Å². The average Bonchev–Trinajstić information content (AvgIpc) is 3.23. The molecular weight excluding hydrogens is 416 g/mol. The lowest BCUT2D eigenvalue weighted by atomic mass is 9.88. The summed E-state index contributed by atoms with van der Waals surface area (Å²) in [6.07, 6.45) is 0. The van der Waals surface area contributed by atoms with Crippen molar-refractivity contribution in [1.29, 1.82) is 0 Å². The standard InChI is InChI=1S/C27H38N2O4/c1-20(2)27(30)29(13-14-31-3)18-23-17-28(16-21-9-11-24(32-4)12-10-21)19-26(23)22-7-6-8-25(15-22)33-5/h6-12,15,20,23,26H,13-14,16-19H2,1-5H3/t23-,26-/m1/s1. The van der Waals surface area contributed by atoms with E-state index in [2.05, 4.69) is 35.2 Å². The molecule has 0 N–H and O–H groups in total. The van der Waals surface area contributed by atoms with Gasteiger partial charge in [-0.2, -0.15) is 0 Å². The van der Waals surface area contributed by atoms with Crippen LogP contribution in [0.25, 0.3) is 0 Å². The molecule has 6 nitrogen and oxygen atoms in total. The van der Waals surface area contributed by atoms with Gasteiger partial charge in [0.25, 0.3) is 0 Å². The molecule has 0 aliphatic carbocycles. The van der Waals surface area contributed by atoms with Crippen molar-refractivity contribution >= 4 is 5.91 Å². The predicted octanol–water partition coefficient (Wildman–Crippen LogP) is 4.05. The number of ether oxygens (including phenoxy) is 3. The number of carbonyl (C=O) groups excluding carboxylic acids is 1. The van der Waals surface area contributed by atoms with Crippen LogP contribution in [0, 0.1) is 11.8 Å². The Labute approximate surface area is 198 Å². The van der Waals surface area contributed by atoms with Crippen LogP contribution in [0.2, 0.25) is 0 Å². The van der Waals surface area contributed by atoms with Crippen molar-refractivity contribution in [3.8, 4) is 11.5 Å². The summed E-state index contributed by atoms with van der Waals surface area (Å²) in [6.45, 7) is 8.57. The average molecular weight is 455 g/mol. The van der Waals surface area contributed by atoms with Crippen molar-refractivity contribution in [2.75, 3.05) is 54.1 Å². The lowest BCUT2D eigenvalue weighted by molar-refractivity contribution is -0.135. The van der Waals surface area contributed by atoms with Crippen LogP contribution in [-0.2, 0) is 16.1 Å². The second-order valence-electron chi connectivity index (χ2n) is 9.12. The molecule has 1 fully saturated rings. The fraction of sp³-hybridized carbons (Fsp3) is 0.519. The van der Waals surface area contributed by atoms with Crippen molar-refractivity contribution in [2.24, 2.45) is 11.8 Å². The summed E-state index contributed by atoms with van der Waals surface area (Å²) in [5.41, 5.74) is 2.52. The van der Waals surface area contributed by atoms with Gasteiger partial charge in [-0.3, -0.25) is 9.69 Å². The lowest BCUT2D eigenvalue weighted by Crippen LogP contribution is -2.41. The smallest absolute Gasteiger partial charge is 0.225 e. The zero-order valence-corrected chi connectivity index (χ0v) is 20.6. The number of hydrogen-bond acceptors (Lipinski definition) is 5. The molecule has 0 bridgehead atoms. The third-order valence-corrected chi connectivity index (χ3v) is 6.43. The second-order valence-corrected chi connectivity index (χ2v) is 9.12. The molecule has 180 valence electrons. The van der Waals surface area contributed by atoms with Crippen LogP contribution in [-0.4, -0.2) is 69.8 Å². The van der Waals surface area contributed by atoms with Crippen molar-refractivity contribution < 1.29 is 19.0 Å². The van der Waals surface area contributed by atoms with Gasteiger partial charge < -0.3 is 19.1 Å². The van der Waals surface area contributed by atoms with Crippen molar-refractivity contribution in [3.63, 3.8) is 0 Å². The quantitative estimate of drug-likeness (QED) is 0.513. The van der Waals surface area contributed by atoms with E-state index < -0.39 is 0 Å². The maximum absolute atomic E-state index is 12.9. The lowest BCUT2D eigenvalue weighted by Gasteiger charge is -2.30. The van der Waals surface area contributed by atoms with Crippen LogP contribution in [0.5, 0.6) is 11.5 Å². The first-order chi connectivity index (χ1) is 15.9. The fourth-order valence-corrected chi connectivity index (χ4v) is 4.65. The van der Waals surface area contributed by atoms with Gasteiger partial charge in [0, 0.05) is 51.7 Å². The molecule has 1 heterocycles. The predicted molar refractivity (Wildman–Crippen MR) is 131 cm³/mol. The Hall–Kier alpha value is -2.57. The van der Waals surface area contributed by atoms with Crippen LogP contribution >= 0.6 is 0 Å². The Morgan fingerprint density at radius 1 is 1.03 bits per heavy atom. The van der Waals surface area contributed by atoms with Crippen LogP contribution in [0.3, 0.4) is 0 Å². The summed E-state index contributed by atoms with van der Waals surface area (Å²) in [5.74, 6) is 2.54. The molecule has 1 amide bonds. The zero-order valence-electron chi connectivity index (χ0n) is 20.6. The normalized spacial score (nSPS) is 18.5. The molecule has 33 heavy (non-hydrogen) atoms. The van der Waals surface area contributed by atoms with E-state index >= 15 is 0 Å². The van der Waals surface area contributed by atoms with Gasteiger partial charge in [-0.1, -0.05) is 38.1 Å². The Kier molecular flexibility index (Phi) is 9.15. The summed E-state index contributed by atoms with van der Waals surface area (Å²) < 4.78 is 16.1. The molecule has 2 aromatic carbocycles. The summed E-state index contributed by atoms with van der Waals surface area (Å²) in [7, 11) is 5.07. The zero-order chi connectivity index (χ0) is 23.8. The molecule has 2 aromatic rings. The van der Waals surface area contributed by atoms with E-state index in [4.69, 9.17) is 14.2 Å². The van der Waals surface area contributed by atoms with E-state index in [-0.39, 0.29) is 11.8 Å². The molecule has 3 rings (SSSR count). The van der Waals surface area contributed by atoms with Crippen LogP contribution < -0.4 is 9.47 Å². The summed E-state index contributed by atoms with van der Waals surface area (Å²) in [4.78, 5) is 17.4. The summed E-state index contributed by atoms with van der Waals surface area (Å²) >= 11 is 0. The first-order valence-corrected chi connectivity index (χ1v) is 11.7. The van der Waals surface area contributed by atoms with Crippen molar-refractivity contribution in [1.82, 2.24) is 9.80 Å². The molecule has 6 heteroatoms. The van der Waals surface area contributed by atoms with Crippen LogP contribution in [0.1, 0.15) is 30.9 Å². The van der Waals surface area contributed by atoms with Crippen molar-refractivity contribution in [2.45, 2.75) is 26.3 Å². The minimum Gasteiger partial charge on any atom is -0.497 e. The number of hydrogen-bond donors (Lipinski definition) is 0. The first-order valence-electron chi connectivity index (χ1n) is 11.7. The molecule has 0 radical (unpaired) electrons. The third kappa shape index (κ3) is 6.71. The highest BCUT2D eigenvalue weighted by molar-refractivity contribution is 5.78. The highest BCUT2D eigenvalue weighted by Crippen LogP contribution is 2.35. The highest BCUT2D eigenvalue weighted by Gasteiger charge is 2.36. The fourth-order valence-electron chi connectivity index (χ4n) is 4.65. The van der Waals surface area contributed by atoms with Gasteiger partial charge in [-0.15, -0.1) is 0 Å². The van der Waals surface area contributed by atoms with Gasteiger partial charge in [0.15, 0.2) is 0 Å². The number of benzene rings is 2. The van der Waals surface area contributed by atoms with Gasteiger partial charge in [-0.25, -0.2) is 0 Å². The largest absolute Gasteiger partial charge is 0.497 e. The number of nitrogens with zero attached hydrogens (tertiary/aromatic N) is 2. The third-order valence-electron chi connectivity index (χ3n) is 6.43. The number of methoxy groups -OCH3 is 3. The molecular formula is C27H38N2O4. The first kappa shape index (κ1) is 25.1. The van der Waals surface area contributed by atoms with E-state index in [1.54, 1.807) is 21.3 Å². The van der Waals surface area contributed by atoms with Gasteiger partial charge in [-0.05, 0) is 41.3 Å². The Bertz CT molecular complexity index is 884. The van der Waals surface area contributed by atoms with E-state index in [1.807, 2.05) is 36.9 Å². The van der Waals surface area contributed by atoms with Gasteiger partial charge in [0.05, 0.1) is 20.8 Å². The van der Waals surface area contributed by atoms with Crippen LogP contribution in [0.15, 0.2) is 48.5 Å². The number of carbonyl (C=O) groups is 1. The monoisotopic (exact) mass is 454 g/mol. The SMILES string of the molecule is COCCN(C[C@H]1CN(Cc2ccc(OC)cc2)C[C@@H]1c1cccc(OC)c1)C(=O)C(C)C. The van der Waals surface area contributed by atoms with Gasteiger partial charge in [0.2, 0.25) is 5.91 Å². The Morgan fingerprint density at radius 2 is 1.76 bits per heavy atom. The Morgan fingerprint density at radius 3 is 2.39 bits per heavy atom. The van der Waals surface area contributed by atoms with E-state index in [0.29, 0.717) is 25.0 Å². The molecule has 1 aliphatic heterocycles. The number of likely N-dealkylation sites (tertiary alicyclic amines) is 1. The molecule has 0 aromatic heterocycles. The van der Waals surface area contributed by atoms with E-state index in [1.165, 1.54) is 11.1 Å². The molecule has 0 unspecified atom stereocenters. The van der Waals surface area contributed by atoms with E-state index in [9.17, 15) is 4.79 Å². The van der Waals surface area contributed by atoms with Crippen LogP contribution in [0.4, 0.5) is 0 Å². The number of rotatable bonds is 11. The van der Waals surface area contributed by atoms with Gasteiger partial charge in [0.1, 0.15) is 11.5 Å². The Balaban J connectivity index is 1.81. The second kappa shape index (κ2) is 12.1. The summed E-state index contributed by atoms with van der Waals surface area (Å²) in [5, 5.41) is 0. The summed E-state index contributed by atoms with van der Waals surface area (Å²) in [6, 6.07) is 16.6. The number of amides is 1. The molecule has 0 saturated carbocycles. The highest BCUT2D eigenvalue weighted by atomic mass is 16.5. The maximum Gasteiger partial charge on any atom is 0.225 e.